The Balaban J connectivity index is 1.48. The first kappa shape index (κ1) is 18.7. The van der Waals surface area contributed by atoms with E-state index in [0.717, 1.165) is 38.9 Å². The molecule has 1 aliphatic heterocycles. The molecule has 0 spiro atoms. The number of carbonyl (C=O) groups excluding carboxylic acids is 1. The molecule has 2 aromatic rings. The number of aliphatic hydroxyl groups excluding tert-OH is 1. The van der Waals surface area contributed by atoms with Gasteiger partial charge in [0.25, 0.3) is 0 Å². The monoisotopic (exact) mass is 369 g/mol. The normalized spacial score (nSPS) is 16.6. The summed E-state index contributed by atoms with van der Waals surface area (Å²) >= 11 is 5.85. The molecule has 1 heterocycles. The van der Waals surface area contributed by atoms with E-state index in [9.17, 15) is 9.90 Å². The molecule has 4 heteroatoms. The Morgan fingerprint density at radius 1 is 1.08 bits per heavy atom. The van der Waals surface area contributed by atoms with E-state index in [-0.39, 0.29) is 17.5 Å². The van der Waals surface area contributed by atoms with E-state index < -0.39 is 0 Å². The second-order valence-corrected chi connectivity index (χ2v) is 7.23. The number of ketones is 1. The summed E-state index contributed by atoms with van der Waals surface area (Å²) in [4.78, 5) is 14.9. The van der Waals surface area contributed by atoms with Crippen molar-refractivity contribution in [1.82, 2.24) is 4.90 Å². The van der Waals surface area contributed by atoms with Crippen molar-refractivity contribution in [2.75, 3.05) is 19.6 Å². The Hall–Kier alpha value is -2.10. The Morgan fingerprint density at radius 2 is 1.73 bits per heavy atom. The van der Waals surface area contributed by atoms with E-state index >= 15 is 0 Å². The largest absolute Gasteiger partial charge is 0.507 e. The van der Waals surface area contributed by atoms with Crippen molar-refractivity contribution in [3.05, 3.63) is 76.8 Å². The summed E-state index contributed by atoms with van der Waals surface area (Å²) in [6.07, 6.45) is 4.10. The lowest BCUT2D eigenvalue weighted by Crippen LogP contribution is -2.37. The van der Waals surface area contributed by atoms with Gasteiger partial charge in [0.05, 0.1) is 0 Å². The fourth-order valence-corrected chi connectivity index (χ4v) is 3.46. The zero-order chi connectivity index (χ0) is 18.4. The van der Waals surface area contributed by atoms with Crippen LogP contribution in [0.25, 0.3) is 5.76 Å². The predicted molar refractivity (Wildman–Crippen MR) is 106 cm³/mol. The molecule has 0 atom stereocenters. The smallest absolute Gasteiger partial charge is 0.162 e. The molecule has 136 valence electrons. The lowest BCUT2D eigenvalue weighted by molar-refractivity contribution is -0.119. The van der Waals surface area contributed by atoms with Crippen molar-refractivity contribution in [1.29, 1.82) is 0 Å². The predicted octanol–water partition coefficient (Wildman–Crippen LogP) is 4.76. The van der Waals surface area contributed by atoms with Crippen LogP contribution in [0, 0.1) is 5.92 Å². The molecule has 3 rings (SSSR count). The van der Waals surface area contributed by atoms with Gasteiger partial charge < -0.3 is 10.0 Å². The molecule has 0 radical (unpaired) electrons. The molecule has 1 aliphatic rings. The highest BCUT2D eigenvalue weighted by molar-refractivity contribution is 6.30. The van der Waals surface area contributed by atoms with E-state index in [1.165, 1.54) is 11.6 Å². The average molecular weight is 370 g/mol. The summed E-state index contributed by atoms with van der Waals surface area (Å²) in [6, 6.07) is 17.3. The van der Waals surface area contributed by atoms with Gasteiger partial charge in [0.15, 0.2) is 5.78 Å². The molecular formula is C22H24ClNO2. The molecule has 0 aliphatic carbocycles. The molecule has 1 saturated heterocycles. The molecule has 0 saturated carbocycles. The number of allylic oxidation sites excluding steroid dienone is 1. The van der Waals surface area contributed by atoms with Crippen molar-refractivity contribution in [3.8, 4) is 0 Å². The number of rotatable bonds is 6. The second kappa shape index (κ2) is 9.02. The van der Waals surface area contributed by atoms with Crippen LogP contribution in [0.1, 0.15) is 24.0 Å². The SMILES string of the molecule is O=C(/C=C(\O)c1ccc(Cl)cc1)C1CCN(CCc2ccccc2)CC1. The van der Waals surface area contributed by atoms with Gasteiger partial charge >= 0.3 is 0 Å². The van der Waals surface area contributed by atoms with E-state index in [2.05, 4.69) is 29.2 Å². The third-order valence-electron chi connectivity index (χ3n) is 4.97. The summed E-state index contributed by atoms with van der Waals surface area (Å²) in [5.74, 6) is 0.0239. The van der Waals surface area contributed by atoms with Gasteiger partial charge in [-0.3, -0.25) is 4.79 Å². The highest BCUT2D eigenvalue weighted by Gasteiger charge is 2.24. The minimum absolute atomic E-state index is 0.00238. The third-order valence-corrected chi connectivity index (χ3v) is 5.22. The molecule has 2 aromatic carbocycles. The summed E-state index contributed by atoms with van der Waals surface area (Å²) in [5, 5.41) is 10.8. The summed E-state index contributed by atoms with van der Waals surface area (Å²) in [6.45, 7) is 2.88. The van der Waals surface area contributed by atoms with Gasteiger partial charge in [-0.1, -0.05) is 41.9 Å². The Bertz CT molecular complexity index is 747. The van der Waals surface area contributed by atoms with Crippen molar-refractivity contribution < 1.29 is 9.90 Å². The minimum Gasteiger partial charge on any atom is -0.507 e. The molecule has 0 amide bonds. The fraction of sp³-hybridized carbons (Fsp3) is 0.318. The molecule has 0 bridgehead atoms. The lowest BCUT2D eigenvalue weighted by Gasteiger charge is -2.30. The van der Waals surface area contributed by atoms with Gasteiger partial charge in [-0.2, -0.15) is 0 Å². The van der Waals surface area contributed by atoms with Gasteiger partial charge in [0, 0.05) is 29.1 Å². The number of hydrogen-bond donors (Lipinski definition) is 1. The van der Waals surface area contributed by atoms with Crippen LogP contribution in [0.5, 0.6) is 0 Å². The van der Waals surface area contributed by atoms with Crippen LogP contribution in [0.2, 0.25) is 5.02 Å². The van der Waals surface area contributed by atoms with Crippen molar-refractivity contribution in [2.24, 2.45) is 5.92 Å². The summed E-state index contributed by atoms with van der Waals surface area (Å²) < 4.78 is 0. The van der Waals surface area contributed by atoms with E-state index in [1.807, 2.05) is 6.07 Å². The van der Waals surface area contributed by atoms with E-state index in [0.29, 0.717) is 10.6 Å². The highest BCUT2D eigenvalue weighted by atomic mass is 35.5. The number of hydrogen-bond acceptors (Lipinski definition) is 3. The van der Waals surface area contributed by atoms with Crippen LogP contribution >= 0.6 is 11.6 Å². The Kier molecular flexibility index (Phi) is 6.48. The maximum Gasteiger partial charge on any atom is 0.162 e. The molecular weight excluding hydrogens is 346 g/mol. The van der Waals surface area contributed by atoms with Crippen molar-refractivity contribution in [3.63, 3.8) is 0 Å². The Morgan fingerprint density at radius 3 is 2.38 bits per heavy atom. The molecule has 0 aromatic heterocycles. The topological polar surface area (TPSA) is 40.5 Å². The number of piperidine rings is 1. The van der Waals surface area contributed by atoms with E-state index in [1.54, 1.807) is 24.3 Å². The number of likely N-dealkylation sites (tertiary alicyclic amines) is 1. The molecule has 0 unspecified atom stereocenters. The number of aliphatic hydroxyl groups is 1. The van der Waals surface area contributed by atoms with Crippen LogP contribution in [0.4, 0.5) is 0 Å². The summed E-state index contributed by atoms with van der Waals surface area (Å²) in [7, 11) is 0. The van der Waals surface area contributed by atoms with Gasteiger partial charge in [0.2, 0.25) is 0 Å². The Labute approximate surface area is 159 Å². The fourth-order valence-electron chi connectivity index (χ4n) is 3.33. The number of carbonyl (C=O) groups is 1. The lowest BCUT2D eigenvalue weighted by atomic mass is 9.91. The second-order valence-electron chi connectivity index (χ2n) is 6.79. The first-order valence-corrected chi connectivity index (χ1v) is 9.46. The first-order chi connectivity index (χ1) is 12.6. The van der Waals surface area contributed by atoms with Crippen LogP contribution < -0.4 is 0 Å². The first-order valence-electron chi connectivity index (χ1n) is 9.08. The number of nitrogens with zero attached hydrogens (tertiary/aromatic N) is 1. The van der Waals surface area contributed by atoms with Crippen LogP contribution in [-0.2, 0) is 11.2 Å². The average Bonchev–Trinajstić information content (AvgIpc) is 2.68. The maximum atomic E-state index is 12.5. The zero-order valence-corrected chi connectivity index (χ0v) is 15.5. The van der Waals surface area contributed by atoms with Gasteiger partial charge in [-0.05, 0) is 62.2 Å². The van der Waals surface area contributed by atoms with Gasteiger partial charge in [-0.15, -0.1) is 0 Å². The third kappa shape index (κ3) is 5.20. The highest BCUT2D eigenvalue weighted by Crippen LogP contribution is 2.21. The molecule has 1 N–H and O–H groups in total. The number of halogens is 1. The molecule has 1 fully saturated rings. The maximum absolute atomic E-state index is 12.5. The quantitative estimate of drug-likeness (QED) is 0.589. The zero-order valence-electron chi connectivity index (χ0n) is 14.8. The van der Waals surface area contributed by atoms with Crippen LogP contribution in [-0.4, -0.2) is 35.4 Å². The van der Waals surface area contributed by atoms with E-state index in [4.69, 9.17) is 11.6 Å². The van der Waals surface area contributed by atoms with Crippen LogP contribution in [0.3, 0.4) is 0 Å². The van der Waals surface area contributed by atoms with Crippen molar-refractivity contribution in [2.45, 2.75) is 19.3 Å². The molecule has 3 nitrogen and oxygen atoms in total. The standard InChI is InChI=1S/C22H24ClNO2/c23-20-8-6-18(7-9-20)21(25)16-22(26)19-11-14-24(15-12-19)13-10-17-4-2-1-3-5-17/h1-9,16,19,25H,10-15H2/b21-16-. The number of benzene rings is 2. The summed E-state index contributed by atoms with van der Waals surface area (Å²) in [5.41, 5.74) is 1.96. The van der Waals surface area contributed by atoms with Crippen LogP contribution in [0.15, 0.2) is 60.7 Å². The minimum atomic E-state index is -0.00238. The van der Waals surface area contributed by atoms with Gasteiger partial charge in [0.1, 0.15) is 5.76 Å². The van der Waals surface area contributed by atoms with Crippen molar-refractivity contribution >= 4 is 23.1 Å². The van der Waals surface area contributed by atoms with Gasteiger partial charge in [-0.25, -0.2) is 0 Å². The molecule has 26 heavy (non-hydrogen) atoms.